The number of nitrogens with zero attached hydrogens (tertiary/aromatic N) is 3. The third-order valence-corrected chi connectivity index (χ3v) is 4.10. The number of hydrogen-bond acceptors (Lipinski definition) is 5. The fourth-order valence-corrected chi connectivity index (χ4v) is 2.87. The number of rotatable bonds is 4. The van der Waals surface area contributed by atoms with Crippen LogP contribution < -0.4 is 0 Å². The SMILES string of the molecule is CCOC1(OCC)N(C)CC(C)N(C)C(C)CN1C. The van der Waals surface area contributed by atoms with E-state index in [2.05, 4.69) is 49.7 Å². The van der Waals surface area contributed by atoms with E-state index in [4.69, 9.17) is 9.47 Å². The molecule has 114 valence electrons. The average molecular weight is 273 g/mol. The molecule has 0 aromatic rings. The van der Waals surface area contributed by atoms with Gasteiger partial charge in [-0.05, 0) is 48.8 Å². The molecule has 2 atom stereocenters. The lowest BCUT2D eigenvalue weighted by Crippen LogP contribution is -2.67. The van der Waals surface area contributed by atoms with E-state index >= 15 is 0 Å². The summed E-state index contributed by atoms with van der Waals surface area (Å²) in [5.74, 6) is 0. The predicted molar refractivity (Wildman–Crippen MR) is 77.9 cm³/mol. The second-order valence-electron chi connectivity index (χ2n) is 5.54. The van der Waals surface area contributed by atoms with Crippen molar-refractivity contribution in [1.29, 1.82) is 0 Å². The Morgan fingerprint density at radius 1 is 0.895 bits per heavy atom. The van der Waals surface area contributed by atoms with E-state index in [1.807, 2.05) is 13.8 Å². The van der Waals surface area contributed by atoms with Gasteiger partial charge in [0, 0.05) is 38.4 Å². The summed E-state index contributed by atoms with van der Waals surface area (Å²) in [5, 5.41) is 0. The van der Waals surface area contributed by atoms with Crippen LogP contribution in [0.15, 0.2) is 0 Å². The second-order valence-corrected chi connectivity index (χ2v) is 5.54. The van der Waals surface area contributed by atoms with Crippen molar-refractivity contribution in [3.63, 3.8) is 0 Å². The molecule has 0 amide bonds. The first-order valence-corrected chi connectivity index (χ1v) is 7.31. The third-order valence-electron chi connectivity index (χ3n) is 4.10. The van der Waals surface area contributed by atoms with Gasteiger partial charge in [0.2, 0.25) is 0 Å². The molecule has 0 aliphatic carbocycles. The molecule has 19 heavy (non-hydrogen) atoms. The monoisotopic (exact) mass is 273 g/mol. The van der Waals surface area contributed by atoms with E-state index in [9.17, 15) is 0 Å². The van der Waals surface area contributed by atoms with Crippen LogP contribution in [0.25, 0.3) is 0 Å². The summed E-state index contributed by atoms with van der Waals surface area (Å²) >= 11 is 0. The summed E-state index contributed by atoms with van der Waals surface area (Å²) < 4.78 is 12.0. The molecule has 0 bridgehead atoms. The number of hydrogen-bond donors (Lipinski definition) is 0. The van der Waals surface area contributed by atoms with E-state index in [-0.39, 0.29) is 0 Å². The molecule has 0 spiro atoms. The van der Waals surface area contributed by atoms with Crippen molar-refractivity contribution in [1.82, 2.24) is 14.7 Å². The highest BCUT2D eigenvalue weighted by atomic mass is 16.7. The smallest absolute Gasteiger partial charge is 0.296 e. The van der Waals surface area contributed by atoms with Gasteiger partial charge in [0.05, 0.1) is 0 Å². The van der Waals surface area contributed by atoms with Gasteiger partial charge in [0.25, 0.3) is 6.03 Å². The first kappa shape index (κ1) is 16.9. The van der Waals surface area contributed by atoms with Crippen LogP contribution >= 0.6 is 0 Å². The molecule has 1 saturated heterocycles. The molecule has 1 aliphatic heterocycles. The summed E-state index contributed by atoms with van der Waals surface area (Å²) in [5.41, 5.74) is 0. The molecule has 0 aromatic carbocycles. The number of likely N-dealkylation sites (N-methyl/N-ethyl adjacent to an activating group) is 3. The molecule has 5 nitrogen and oxygen atoms in total. The van der Waals surface area contributed by atoms with E-state index in [0.29, 0.717) is 25.3 Å². The summed E-state index contributed by atoms with van der Waals surface area (Å²) in [4.78, 5) is 6.76. The van der Waals surface area contributed by atoms with Crippen LogP contribution in [0.3, 0.4) is 0 Å². The highest BCUT2D eigenvalue weighted by Crippen LogP contribution is 2.26. The molecule has 5 heteroatoms. The Morgan fingerprint density at radius 3 is 1.58 bits per heavy atom. The third kappa shape index (κ3) is 3.47. The minimum atomic E-state index is -0.743. The molecule has 1 fully saturated rings. The molecule has 1 aliphatic rings. The van der Waals surface area contributed by atoms with Crippen LogP contribution in [-0.4, -0.2) is 80.3 Å². The Morgan fingerprint density at radius 2 is 1.26 bits per heavy atom. The van der Waals surface area contributed by atoms with Crippen molar-refractivity contribution < 1.29 is 9.47 Å². The first-order chi connectivity index (χ1) is 8.89. The zero-order valence-corrected chi connectivity index (χ0v) is 13.6. The molecular formula is C14H31N3O2. The molecule has 0 N–H and O–H groups in total. The molecule has 0 aromatic heterocycles. The maximum absolute atomic E-state index is 6.01. The Labute approximate surface area is 118 Å². The van der Waals surface area contributed by atoms with Crippen molar-refractivity contribution in [2.45, 2.75) is 45.8 Å². The van der Waals surface area contributed by atoms with E-state index in [1.54, 1.807) is 0 Å². The largest absolute Gasteiger partial charge is 0.325 e. The standard InChI is InChI=1S/C14H31N3O2/c1-8-18-14(19-9-2)15(5)10-12(3)17(7)13(4)11-16(14)6/h12-13H,8-11H2,1-7H3. The fraction of sp³-hybridized carbons (Fsp3) is 1.00. The zero-order valence-electron chi connectivity index (χ0n) is 13.6. The maximum atomic E-state index is 6.01. The van der Waals surface area contributed by atoms with E-state index < -0.39 is 6.03 Å². The van der Waals surface area contributed by atoms with Crippen LogP contribution in [0, 0.1) is 0 Å². The van der Waals surface area contributed by atoms with Crippen LogP contribution in [0.2, 0.25) is 0 Å². The second kappa shape index (κ2) is 6.99. The average Bonchev–Trinajstić information content (AvgIpc) is 2.35. The number of ether oxygens (including phenoxy) is 2. The van der Waals surface area contributed by atoms with Crippen molar-refractivity contribution >= 4 is 0 Å². The topological polar surface area (TPSA) is 28.2 Å². The van der Waals surface area contributed by atoms with Crippen LogP contribution in [-0.2, 0) is 9.47 Å². The minimum absolute atomic E-state index is 0.467. The van der Waals surface area contributed by atoms with Gasteiger partial charge in [-0.15, -0.1) is 0 Å². The van der Waals surface area contributed by atoms with Crippen LogP contribution in [0.5, 0.6) is 0 Å². The van der Waals surface area contributed by atoms with Crippen LogP contribution in [0.4, 0.5) is 0 Å². The summed E-state index contributed by atoms with van der Waals surface area (Å²) in [6.45, 7) is 11.6. The van der Waals surface area contributed by atoms with Crippen molar-refractivity contribution in [3.05, 3.63) is 0 Å². The molecule has 0 radical (unpaired) electrons. The fourth-order valence-electron chi connectivity index (χ4n) is 2.87. The van der Waals surface area contributed by atoms with Crippen molar-refractivity contribution in [2.75, 3.05) is 47.4 Å². The summed E-state index contributed by atoms with van der Waals surface area (Å²) in [6, 6.07) is 0.191. The summed E-state index contributed by atoms with van der Waals surface area (Å²) in [6.07, 6.45) is 0. The minimum Gasteiger partial charge on any atom is -0.325 e. The molecule has 0 saturated carbocycles. The van der Waals surface area contributed by atoms with Gasteiger partial charge in [0.15, 0.2) is 0 Å². The summed E-state index contributed by atoms with van der Waals surface area (Å²) in [7, 11) is 6.33. The van der Waals surface area contributed by atoms with Crippen molar-refractivity contribution in [2.24, 2.45) is 0 Å². The highest BCUT2D eigenvalue weighted by molar-refractivity contribution is 4.83. The van der Waals surface area contributed by atoms with Gasteiger partial charge >= 0.3 is 0 Å². The lowest BCUT2D eigenvalue weighted by atomic mass is 10.1. The zero-order chi connectivity index (χ0) is 14.6. The normalized spacial score (nSPS) is 31.1. The first-order valence-electron chi connectivity index (χ1n) is 7.31. The predicted octanol–water partition coefficient (Wildman–Crippen LogP) is 1.26. The van der Waals surface area contributed by atoms with Gasteiger partial charge in [-0.2, -0.15) is 0 Å². The lowest BCUT2D eigenvalue weighted by Gasteiger charge is -2.51. The van der Waals surface area contributed by atoms with E-state index in [0.717, 1.165) is 13.1 Å². The van der Waals surface area contributed by atoms with Gasteiger partial charge in [-0.3, -0.25) is 4.90 Å². The Hall–Kier alpha value is -0.200. The molecular weight excluding hydrogens is 242 g/mol. The van der Waals surface area contributed by atoms with Gasteiger partial charge in [-0.1, -0.05) is 0 Å². The molecule has 2 unspecified atom stereocenters. The van der Waals surface area contributed by atoms with Gasteiger partial charge in [-0.25, -0.2) is 9.80 Å². The Kier molecular flexibility index (Phi) is 6.20. The maximum Gasteiger partial charge on any atom is 0.296 e. The Bertz CT molecular complexity index is 249. The van der Waals surface area contributed by atoms with Gasteiger partial charge in [0.1, 0.15) is 0 Å². The molecule has 1 rings (SSSR count). The van der Waals surface area contributed by atoms with Crippen molar-refractivity contribution in [3.8, 4) is 0 Å². The highest BCUT2D eigenvalue weighted by Gasteiger charge is 2.44. The molecule has 1 heterocycles. The van der Waals surface area contributed by atoms with E-state index in [1.165, 1.54) is 0 Å². The van der Waals surface area contributed by atoms with Gasteiger partial charge < -0.3 is 9.47 Å². The lowest BCUT2D eigenvalue weighted by molar-refractivity contribution is -0.384. The quantitative estimate of drug-likeness (QED) is 0.719. The van der Waals surface area contributed by atoms with Crippen LogP contribution in [0.1, 0.15) is 27.7 Å². The Balaban J connectivity index is 3.03.